The summed E-state index contributed by atoms with van der Waals surface area (Å²) in [7, 11) is 2.16. The summed E-state index contributed by atoms with van der Waals surface area (Å²) in [4.78, 5) is 18.0. The highest BCUT2D eigenvalue weighted by molar-refractivity contribution is 5.83. The monoisotopic (exact) mass is 451 g/mol. The molecule has 0 radical (unpaired) electrons. The molecule has 1 N–H and O–H groups in total. The molecule has 0 bridgehead atoms. The van der Waals surface area contributed by atoms with Crippen molar-refractivity contribution in [1.29, 1.82) is 0 Å². The Balaban J connectivity index is 1.69. The van der Waals surface area contributed by atoms with Crippen molar-refractivity contribution in [1.82, 2.24) is 15.1 Å². The predicted molar refractivity (Wildman–Crippen MR) is 136 cm³/mol. The van der Waals surface area contributed by atoms with Gasteiger partial charge in [-0.2, -0.15) is 0 Å². The zero-order valence-corrected chi connectivity index (χ0v) is 20.8. The predicted octanol–water partition coefficient (Wildman–Crippen LogP) is 4.71. The van der Waals surface area contributed by atoms with Gasteiger partial charge >= 0.3 is 0 Å². The SMILES string of the molecule is CCCC(C)COc1ccc([C@H](CN2CCN(C)CC2)NC(=O)[C@@H](C)c2ccccc2)cc1. The number of likely N-dealkylation sites (N-methyl/N-ethyl adjacent to an activating group) is 1. The van der Waals surface area contributed by atoms with Crippen molar-refractivity contribution in [3.8, 4) is 5.75 Å². The van der Waals surface area contributed by atoms with Crippen LogP contribution in [0.4, 0.5) is 0 Å². The Morgan fingerprint density at radius 3 is 2.27 bits per heavy atom. The number of benzene rings is 2. The number of nitrogens with zero attached hydrogens (tertiary/aromatic N) is 2. The van der Waals surface area contributed by atoms with Gasteiger partial charge in [0.15, 0.2) is 0 Å². The third-order valence-corrected chi connectivity index (χ3v) is 6.64. The highest BCUT2D eigenvalue weighted by Gasteiger charge is 2.24. The fourth-order valence-corrected chi connectivity index (χ4v) is 4.32. The summed E-state index contributed by atoms with van der Waals surface area (Å²) >= 11 is 0. The smallest absolute Gasteiger partial charge is 0.227 e. The molecule has 0 spiro atoms. The van der Waals surface area contributed by atoms with E-state index in [1.165, 1.54) is 12.8 Å². The summed E-state index contributed by atoms with van der Waals surface area (Å²) in [5, 5.41) is 3.34. The summed E-state index contributed by atoms with van der Waals surface area (Å²) in [6, 6.07) is 18.2. The maximum Gasteiger partial charge on any atom is 0.227 e. The van der Waals surface area contributed by atoms with E-state index in [4.69, 9.17) is 4.74 Å². The van der Waals surface area contributed by atoms with Gasteiger partial charge in [0.25, 0.3) is 0 Å². The molecule has 2 aromatic carbocycles. The molecule has 1 unspecified atom stereocenters. The fraction of sp³-hybridized carbons (Fsp3) is 0.536. The molecule has 1 aliphatic heterocycles. The number of carbonyl (C=O) groups is 1. The van der Waals surface area contributed by atoms with Crippen molar-refractivity contribution in [2.75, 3.05) is 46.4 Å². The summed E-state index contributed by atoms with van der Waals surface area (Å²) in [6.45, 7) is 12.1. The van der Waals surface area contributed by atoms with Crippen molar-refractivity contribution < 1.29 is 9.53 Å². The van der Waals surface area contributed by atoms with Crippen LogP contribution in [0.2, 0.25) is 0 Å². The van der Waals surface area contributed by atoms with Crippen LogP contribution in [0.15, 0.2) is 54.6 Å². The van der Waals surface area contributed by atoms with E-state index in [9.17, 15) is 4.79 Å². The van der Waals surface area contributed by atoms with E-state index in [2.05, 4.69) is 48.1 Å². The molecule has 3 atom stereocenters. The van der Waals surface area contributed by atoms with Gasteiger partial charge in [-0.05, 0) is 49.6 Å². The molecule has 33 heavy (non-hydrogen) atoms. The van der Waals surface area contributed by atoms with E-state index >= 15 is 0 Å². The number of ether oxygens (including phenoxy) is 1. The minimum atomic E-state index is -0.191. The van der Waals surface area contributed by atoms with E-state index in [1.807, 2.05) is 49.4 Å². The molecular formula is C28H41N3O2. The van der Waals surface area contributed by atoms with Gasteiger partial charge < -0.3 is 15.0 Å². The quantitative estimate of drug-likeness (QED) is 0.537. The average molecular weight is 452 g/mol. The third-order valence-electron chi connectivity index (χ3n) is 6.64. The number of hydrogen-bond donors (Lipinski definition) is 1. The van der Waals surface area contributed by atoms with E-state index in [1.54, 1.807) is 0 Å². The molecule has 2 aromatic rings. The Hall–Kier alpha value is -2.37. The number of nitrogens with one attached hydrogen (secondary N) is 1. The van der Waals surface area contributed by atoms with Crippen LogP contribution >= 0.6 is 0 Å². The fourth-order valence-electron chi connectivity index (χ4n) is 4.32. The second kappa shape index (κ2) is 12.8. The maximum absolute atomic E-state index is 13.2. The molecule has 1 amide bonds. The molecule has 1 saturated heterocycles. The zero-order chi connectivity index (χ0) is 23.6. The lowest BCUT2D eigenvalue weighted by Gasteiger charge is -2.35. The Kier molecular flexibility index (Phi) is 9.76. The molecule has 5 heteroatoms. The number of rotatable bonds is 11. The number of piperazine rings is 1. The van der Waals surface area contributed by atoms with Crippen molar-refractivity contribution in [2.24, 2.45) is 5.92 Å². The van der Waals surface area contributed by atoms with Crippen LogP contribution in [0.3, 0.4) is 0 Å². The van der Waals surface area contributed by atoms with Gasteiger partial charge in [-0.15, -0.1) is 0 Å². The number of hydrogen-bond acceptors (Lipinski definition) is 4. The van der Waals surface area contributed by atoms with Crippen molar-refractivity contribution >= 4 is 5.91 Å². The largest absolute Gasteiger partial charge is 0.493 e. The van der Waals surface area contributed by atoms with Crippen LogP contribution in [0.25, 0.3) is 0 Å². The molecule has 1 aliphatic rings. The Labute approximate surface area is 200 Å². The van der Waals surface area contributed by atoms with Gasteiger partial charge in [0.1, 0.15) is 5.75 Å². The highest BCUT2D eigenvalue weighted by atomic mass is 16.5. The lowest BCUT2D eigenvalue weighted by atomic mass is 9.98. The topological polar surface area (TPSA) is 44.8 Å². The summed E-state index contributed by atoms with van der Waals surface area (Å²) in [5.41, 5.74) is 2.16. The van der Waals surface area contributed by atoms with Gasteiger partial charge in [0.05, 0.1) is 18.6 Å². The highest BCUT2D eigenvalue weighted by Crippen LogP contribution is 2.23. The zero-order valence-electron chi connectivity index (χ0n) is 20.8. The van der Waals surface area contributed by atoms with Gasteiger partial charge in [0, 0.05) is 32.7 Å². The summed E-state index contributed by atoms with van der Waals surface area (Å²) < 4.78 is 5.99. The second-order valence-electron chi connectivity index (χ2n) is 9.57. The third kappa shape index (κ3) is 7.86. The van der Waals surface area contributed by atoms with Gasteiger partial charge in [-0.1, -0.05) is 62.7 Å². The first-order chi connectivity index (χ1) is 16.0. The molecular weight excluding hydrogens is 410 g/mol. The molecule has 0 saturated carbocycles. The standard InChI is InChI=1S/C28H41N3O2/c1-5-9-22(2)21-33-26-14-12-25(13-15-26)27(20-31-18-16-30(4)17-19-31)29-28(32)23(3)24-10-7-6-8-11-24/h6-8,10-15,22-23,27H,5,9,16-21H2,1-4H3,(H,29,32)/t22?,23-,27-/m0/s1. The van der Waals surface area contributed by atoms with Crippen molar-refractivity contribution in [2.45, 2.75) is 45.6 Å². The van der Waals surface area contributed by atoms with Gasteiger partial charge in [-0.25, -0.2) is 0 Å². The van der Waals surface area contributed by atoms with Gasteiger partial charge in [0.2, 0.25) is 5.91 Å². The Bertz CT molecular complexity index is 832. The molecule has 0 aliphatic carbocycles. The van der Waals surface area contributed by atoms with Crippen LogP contribution in [0, 0.1) is 5.92 Å². The molecule has 0 aromatic heterocycles. The van der Waals surface area contributed by atoms with Gasteiger partial charge in [-0.3, -0.25) is 9.69 Å². The van der Waals surface area contributed by atoms with Crippen LogP contribution in [-0.4, -0.2) is 62.1 Å². The van der Waals surface area contributed by atoms with E-state index < -0.39 is 0 Å². The first kappa shape index (κ1) is 25.3. The van der Waals surface area contributed by atoms with E-state index in [0.717, 1.165) is 56.2 Å². The van der Waals surface area contributed by atoms with E-state index in [-0.39, 0.29) is 17.9 Å². The lowest BCUT2D eigenvalue weighted by Crippen LogP contribution is -2.48. The Morgan fingerprint density at radius 1 is 0.970 bits per heavy atom. The first-order valence-corrected chi connectivity index (χ1v) is 12.4. The molecule has 180 valence electrons. The van der Waals surface area contributed by atoms with E-state index in [0.29, 0.717) is 5.92 Å². The minimum Gasteiger partial charge on any atom is -0.493 e. The number of amides is 1. The van der Waals surface area contributed by atoms with Crippen molar-refractivity contribution in [3.63, 3.8) is 0 Å². The van der Waals surface area contributed by atoms with Crippen molar-refractivity contribution in [3.05, 3.63) is 65.7 Å². The first-order valence-electron chi connectivity index (χ1n) is 12.4. The summed E-state index contributed by atoms with van der Waals surface area (Å²) in [5.74, 6) is 1.32. The average Bonchev–Trinajstić information content (AvgIpc) is 2.84. The minimum absolute atomic E-state index is 0.0554. The Morgan fingerprint density at radius 2 is 1.64 bits per heavy atom. The van der Waals surface area contributed by atoms with Crippen LogP contribution in [0.1, 0.15) is 56.7 Å². The number of carbonyl (C=O) groups excluding carboxylic acids is 1. The van der Waals surface area contributed by atoms with Crippen LogP contribution < -0.4 is 10.1 Å². The van der Waals surface area contributed by atoms with Crippen LogP contribution in [0.5, 0.6) is 5.75 Å². The maximum atomic E-state index is 13.2. The van der Waals surface area contributed by atoms with Crippen LogP contribution in [-0.2, 0) is 4.79 Å². The normalized spacial score (nSPS) is 17.8. The molecule has 3 rings (SSSR count). The molecule has 1 heterocycles. The summed E-state index contributed by atoms with van der Waals surface area (Å²) in [6.07, 6.45) is 2.36. The lowest BCUT2D eigenvalue weighted by molar-refractivity contribution is -0.123. The second-order valence-corrected chi connectivity index (χ2v) is 9.57. The molecule has 5 nitrogen and oxygen atoms in total. The molecule has 1 fully saturated rings.